The van der Waals surface area contributed by atoms with Gasteiger partial charge in [0.2, 0.25) is 0 Å². The van der Waals surface area contributed by atoms with E-state index in [1.54, 1.807) is 0 Å². The lowest BCUT2D eigenvalue weighted by Gasteiger charge is -2.08. The summed E-state index contributed by atoms with van der Waals surface area (Å²) in [6, 6.07) is 4.39. The molecule has 0 aliphatic rings. The average Bonchev–Trinajstić information content (AvgIpc) is 1.96. The number of benzene rings is 1. The molecule has 0 aromatic heterocycles. The lowest BCUT2D eigenvalue weighted by molar-refractivity contribution is 1.22. The topological polar surface area (TPSA) is 0 Å². The van der Waals surface area contributed by atoms with Crippen LogP contribution in [0.3, 0.4) is 0 Å². The fraction of sp³-hybridized carbons (Fsp3) is 0.333. The summed E-state index contributed by atoms with van der Waals surface area (Å²) < 4.78 is 2.45. The summed E-state index contributed by atoms with van der Waals surface area (Å²) in [5, 5.41) is 0. The molecule has 1 aromatic carbocycles. The first kappa shape index (κ1) is 11.0. The zero-order chi connectivity index (χ0) is 9.14. The summed E-state index contributed by atoms with van der Waals surface area (Å²) in [5.74, 6) is 0. The largest absolute Gasteiger partial charge is 0.473 e. The van der Waals surface area contributed by atoms with Crippen LogP contribution in [0.2, 0.25) is 0 Å². The first-order chi connectivity index (χ1) is 5.65. The summed E-state index contributed by atoms with van der Waals surface area (Å²) in [7, 11) is 0. The lowest BCUT2D eigenvalue weighted by Crippen LogP contribution is -1.96. The second kappa shape index (κ2) is 4.98. The molecular formula is C9H10Br2Mg. The van der Waals surface area contributed by atoms with Crippen molar-refractivity contribution < 1.29 is 0 Å². The van der Waals surface area contributed by atoms with Crippen LogP contribution >= 0.6 is 28.8 Å². The third-order valence-corrected chi connectivity index (χ3v) is 4.34. The van der Waals surface area contributed by atoms with E-state index in [0.29, 0.717) is 0 Å². The zero-order valence-corrected chi connectivity index (χ0v) is 11.9. The third-order valence-electron chi connectivity index (χ3n) is 2.01. The third kappa shape index (κ3) is 2.72. The lowest BCUT2D eigenvalue weighted by atomic mass is 10.1. The highest BCUT2D eigenvalue weighted by Gasteiger charge is 2.03. The molecule has 0 heterocycles. The van der Waals surface area contributed by atoms with Crippen LogP contribution < -0.4 is 0 Å². The van der Waals surface area contributed by atoms with E-state index in [2.05, 4.69) is 54.8 Å². The van der Waals surface area contributed by atoms with Gasteiger partial charge in [-0.2, -0.15) is 0 Å². The summed E-state index contributed by atoms with van der Waals surface area (Å²) in [6.45, 7) is 4.37. The minimum absolute atomic E-state index is 0.0422. The first-order valence-corrected chi connectivity index (χ1v) is 9.66. The number of halogens is 2. The van der Waals surface area contributed by atoms with E-state index in [-0.39, 0.29) is 18.2 Å². The Morgan fingerprint density at radius 1 is 1.25 bits per heavy atom. The van der Waals surface area contributed by atoms with Gasteiger partial charge in [-0.25, -0.2) is 0 Å². The maximum Gasteiger partial charge on any atom is 0.473 e. The van der Waals surface area contributed by atoms with Crippen molar-refractivity contribution in [2.24, 2.45) is 0 Å². The van der Waals surface area contributed by atoms with E-state index < -0.39 is 0 Å². The van der Waals surface area contributed by atoms with E-state index in [0.717, 1.165) is 0 Å². The molecule has 0 unspecified atom stereocenters. The summed E-state index contributed by atoms with van der Waals surface area (Å²) in [6.07, 6.45) is 0. The fourth-order valence-corrected chi connectivity index (χ4v) is 4.28. The van der Waals surface area contributed by atoms with Gasteiger partial charge in [0.05, 0.1) is 0 Å². The van der Waals surface area contributed by atoms with Gasteiger partial charge in [-0.1, -0.05) is 21.5 Å². The highest BCUT2D eigenvalue weighted by atomic mass is 79.9. The van der Waals surface area contributed by atoms with Gasteiger partial charge in [0.15, 0.2) is 0 Å². The minimum atomic E-state index is -0.0422. The summed E-state index contributed by atoms with van der Waals surface area (Å²) in [4.78, 5) is 0. The Morgan fingerprint density at radius 3 is 2.17 bits per heavy atom. The van der Waals surface area contributed by atoms with E-state index in [1.165, 1.54) is 25.7 Å². The Labute approximate surface area is 97.8 Å². The molecule has 0 saturated heterocycles. The molecule has 1 aromatic rings. The van der Waals surface area contributed by atoms with E-state index in [4.69, 9.17) is 0 Å². The molecular weight excluding hydrogens is 292 g/mol. The molecule has 0 atom stereocenters. The molecule has 12 heavy (non-hydrogen) atoms. The maximum atomic E-state index is 3.60. The summed E-state index contributed by atoms with van der Waals surface area (Å²) in [5.41, 5.74) is 4.35. The van der Waals surface area contributed by atoms with Gasteiger partial charge in [0, 0.05) is 4.47 Å². The Kier molecular flexibility index (Phi) is 4.58. The van der Waals surface area contributed by atoms with Gasteiger partial charge >= 0.3 is 18.2 Å². The highest BCUT2D eigenvalue weighted by Crippen LogP contribution is 2.20. The second-order valence-corrected chi connectivity index (χ2v) is 7.13. The SMILES string of the molecule is Cc1cc(Br)cc(C)c1[CH2][Mg][Br]. The average molecular weight is 302 g/mol. The van der Waals surface area contributed by atoms with E-state index >= 15 is 0 Å². The zero-order valence-electron chi connectivity index (χ0n) is 7.32. The van der Waals surface area contributed by atoms with Crippen molar-refractivity contribution in [3.63, 3.8) is 0 Å². The van der Waals surface area contributed by atoms with Crippen LogP contribution in [-0.4, -0.2) is 18.2 Å². The second-order valence-electron chi connectivity index (χ2n) is 2.96. The van der Waals surface area contributed by atoms with Crippen LogP contribution in [0.5, 0.6) is 0 Å². The van der Waals surface area contributed by atoms with Gasteiger partial charge in [-0.15, -0.1) is 4.55 Å². The Balaban J connectivity index is 3.10. The number of hydrogen-bond donors (Lipinski definition) is 0. The molecule has 3 heteroatoms. The van der Waals surface area contributed by atoms with Crippen molar-refractivity contribution in [1.82, 2.24) is 0 Å². The predicted octanol–water partition coefficient (Wildman–Crippen LogP) is 3.58. The molecule has 0 bridgehead atoms. The molecule has 0 fully saturated rings. The molecule has 0 N–H and O–H groups in total. The van der Waals surface area contributed by atoms with Gasteiger partial charge in [0.1, 0.15) is 0 Å². The minimum Gasteiger partial charge on any atom is -0.306 e. The van der Waals surface area contributed by atoms with Crippen LogP contribution in [0.1, 0.15) is 16.7 Å². The highest BCUT2D eigenvalue weighted by molar-refractivity contribution is 9.23. The molecule has 0 saturated carbocycles. The van der Waals surface area contributed by atoms with Crippen molar-refractivity contribution >= 4 is 47.0 Å². The molecule has 0 spiro atoms. The van der Waals surface area contributed by atoms with Gasteiger partial charge in [0.25, 0.3) is 0 Å². The fourth-order valence-electron chi connectivity index (χ4n) is 1.43. The van der Waals surface area contributed by atoms with Crippen LogP contribution in [0.4, 0.5) is 0 Å². The molecule has 1 rings (SSSR count). The monoisotopic (exact) mass is 300 g/mol. The Morgan fingerprint density at radius 2 is 1.75 bits per heavy atom. The quantitative estimate of drug-likeness (QED) is 0.733. The van der Waals surface area contributed by atoms with Crippen LogP contribution in [-0.2, 0) is 4.55 Å². The van der Waals surface area contributed by atoms with Crippen molar-refractivity contribution in [3.8, 4) is 0 Å². The molecule has 0 radical (unpaired) electrons. The van der Waals surface area contributed by atoms with Gasteiger partial charge in [-0.05, 0) is 37.1 Å². The van der Waals surface area contributed by atoms with E-state index in [1.807, 2.05) is 0 Å². The van der Waals surface area contributed by atoms with Crippen molar-refractivity contribution in [1.29, 1.82) is 0 Å². The van der Waals surface area contributed by atoms with E-state index in [9.17, 15) is 0 Å². The van der Waals surface area contributed by atoms with Crippen molar-refractivity contribution in [2.45, 2.75) is 18.4 Å². The molecule has 0 nitrogen and oxygen atoms in total. The van der Waals surface area contributed by atoms with Crippen molar-refractivity contribution in [2.75, 3.05) is 0 Å². The normalized spacial score (nSPS) is 9.67. The standard InChI is InChI=1S/C9H10Br.BrH.Mg/c1-6-4-9(10)5-7(2)8(6)3;;/h4-5H,3H2,1-2H3;1H;/q;;+1/p-1. The predicted molar refractivity (Wildman–Crippen MR) is 62.0 cm³/mol. The van der Waals surface area contributed by atoms with Crippen LogP contribution in [0.25, 0.3) is 0 Å². The maximum absolute atomic E-state index is 3.60. The van der Waals surface area contributed by atoms with Crippen LogP contribution in [0, 0.1) is 13.8 Å². The Bertz CT molecular complexity index is 261. The number of hydrogen-bond acceptors (Lipinski definition) is 0. The molecule has 0 amide bonds. The Hall–Kier alpha value is 0.946. The van der Waals surface area contributed by atoms with Crippen molar-refractivity contribution in [3.05, 3.63) is 33.3 Å². The number of rotatable bonds is 2. The molecule has 0 aliphatic heterocycles. The van der Waals surface area contributed by atoms with Gasteiger partial charge < -0.3 is 12.9 Å². The van der Waals surface area contributed by atoms with Gasteiger partial charge in [-0.3, -0.25) is 0 Å². The first-order valence-electron chi connectivity index (χ1n) is 3.96. The summed E-state index contributed by atoms with van der Waals surface area (Å²) >= 11 is 7.06. The van der Waals surface area contributed by atoms with Crippen LogP contribution in [0.15, 0.2) is 16.6 Å². The molecule has 62 valence electrons. The smallest absolute Gasteiger partial charge is 0.306 e. The molecule has 0 aliphatic carbocycles. The number of aryl methyl sites for hydroxylation is 2.